The Balaban J connectivity index is 0.000000647. The van der Waals surface area contributed by atoms with E-state index in [0.717, 1.165) is 25.0 Å². The number of ether oxygens (including phenoxy) is 3. The Hall–Kier alpha value is -5.37. The Bertz CT molecular complexity index is 1550. The maximum atomic E-state index is 12.5. The van der Waals surface area contributed by atoms with Crippen molar-refractivity contribution in [2.75, 3.05) is 25.6 Å². The normalized spacial score (nSPS) is 15.2. The Morgan fingerprint density at radius 3 is 2.02 bits per heavy atom. The molecule has 2 unspecified atom stereocenters. The minimum absolute atomic E-state index is 0.0336. The molecule has 2 aromatic carbocycles. The number of nitrogens with one attached hydrogen (secondary N) is 1. The van der Waals surface area contributed by atoms with Gasteiger partial charge in [-0.2, -0.15) is 0 Å². The number of carbonyl (C=O) groups excluding carboxylic acids is 2. The number of esters is 2. The van der Waals surface area contributed by atoms with Crippen LogP contribution in [0.4, 0.5) is 5.82 Å². The van der Waals surface area contributed by atoms with Gasteiger partial charge in [-0.3, -0.25) is 19.0 Å². The lowest BCUT2D eigenvalue weighted by Crippen LogP contribution is -2.19. The molecule has 1 fully saturated rings. The minimum atomic E-state index is -0.833. The van der Waals surface area contributed by atoms with Crippen molar-refractivity contribution >= 4 is 40.9 Å². The molecule has 0 bridgehead atoms. The van der Waals surface area contributed by atoms with Gasteiger partial charge >= 0.3 is 11.9 Å². The molecule has 14 heteroatoms. The highest BCUT2D eigenvalue weighted by Gasteiger charge is 2.30. The summed E-state index contributed by atoms with van der Waals surface area (Å²) in [5, 5.41) is 18.2. The van der Waals surface area contributed by atoms with Gasteiger partial charge in [0.2, 0.25) is 5.82 Å². The fraction of sp³-hybridized carbons (Fsp3) is 0.344. The predicted molar refractivity (Wildman–Crippen MR) is 166 cm³/mol. The van der Waals surface area contributed by atoms with Crippen molar-refractivity contribution < 1.29 is 43.6 Å². The molecule has 244 valence electrons. The molecule has 1 aliphatic rings. The number of benzene rings is 2. The van der Waals surface area contributed by atoms with Crippen LogP contribution >= 0.6 is 0 Å². The molecule has 2 aromatic heterocycles. The van der Waals surface area contributed by atoms with Crippen LogP contribution in [0.2, 0.25) is 0 Å². The molecule has 0 radical (unpaired) electrons. The molecule has 1 saturated heterocycles. The standard InChI is InChI=1S/C28H29N5O5.2C2H4O2/c1-18(34)37-16-21-13-14-23(38-21)33-17-30-24-25(31-26(28(35)36-2)32-27(24)33)29-15-22(19-9-5-3-6-10-19)20-11-7-4-8-12-20;2*1-2(3)4/h3-12,17,21-23H,13-16H2,1-2H3,(H,29,31,32);2*1H3,(H,3,4). The van der Waals surface area contributed by atoms with E-state index in [1.807, 2.05) is 36.4 Å². The molecule has 5 rings (SSSR count). The zero-order valence-electron chi connectivity index (χ0n) is 26.0. The second-order valence-electron chi connectivity index (χ2n) is 10.1. The summed E-state index contributed by atoms with van der Waals surface area (Å²) in [6.45, 7) is 4.24. The van der Waals surface area contributed by atoms with E-state index < -0.39 is 17.9 Å². The van der Waals surface area contributed by atoms with Crippen molar-refractivity contribution in [3.63, 3.8) is 0 Å². The van der Waals surface area contributed by atoms with Gasteiger partial charge < -0.3 is 29.7 Å². The fourth-order valence-corrected chi connectivity index (χ4v) is 4.65. The average molecular weight is 636 g/mol. The van der Waals surface area contributed by atoms with Gasteiger partial charge in [-0.05, 0) is 24.0 Å². The van der Waals surface area contributed by atoms with E-state index in [4.69, 9.17) is 34.0 Å². The second kappa shape index (κ2) is 17.2. The molecule has 4 aromatic rings. The summed E-state index contributed by atoms with van der Waals surface area (Å²) in [4.78, 5) is 55.1. The number of rotatable bonds is 9. The first-order valence-electron chi connectivity index (χ1n) is 14.3. The molecule has 2 atom stereocenters. The molecule has 3 N–H and O–H groups in total. The first-order valence-corrected chi connectivity index (χ1v) is 14.3. The van der Waals surface area contributed by atoms with Crippen molar-refractivity contribution in [2.24, 2.45) is 0 Å². The van der Waals surface area contributed by atoms with Crippen LogP contribution in [0.1, 0.15) is 67.5 Å². The van der Waals surface area contributed by atoms with E-state index in [-0.39, 0.29) is 36.7 Å². The number of carboxylic acid groups (broad SMARTS) is 2. The number of nitrogens with zero attached hydrogens (tertiary/aromatic N) is 4. The molecule has 14 nitrogen and oxygen atoms in total. The largest absolute Gasteiger partial charge is 0.481 e. The summed E-state index contributed by atoms with van der Waals surface area (Å²) in [6.07, 6.45) is 2.44. The van der Waals surface area contributed by atoms with E-state index in [9.17, 15) is 9.59 Å². The third-order valence-corrected chi connectivity index (χ3v) is 6.53. The minimum Gasteiger partial charge on any atom is -0.481 e. The molecule has 0 saturated carbocycles. The summed E-state index contributed by atoms with van der Waals surface area (Å²) in [5.74, 6) is -2.27. The number of aliphatic carboxylic acids is 2. The van der Waals surface area contributed by atoms with Crippen LogP contribution < -0.4 is 5.32 Å². The van der Waals surface area contributed by atoms with Gasteiger partial charge in [0.25, 0.3) is 11.9 Å². The summed E-state index contributed by atoms with van der Waals surface area (Å²) in [6, 6.07) is 20.4. The Morgan fingerprint density at radius 2 is 1.50 bits per heavy atom. The summed E-state index contributed by atoms with van der Waals surface area (Å²) >= 11 is 0. The monoisotopic (exact) mass is 635 g/mol. The number of carbonyl (C=O) groups is 4. The third kappa shape index (κ3) is 10.4. The van der Waals surface area contributed by atoms with E-state index in [0.29, 0.717) is 36.4 Å². The van der Waals surface area contributed by atoms with Crippen LogP contribution in [-0.4, -0.2) is 80.0 Å². The summed E-state index contributed by atoms with van der Waals surface area (Å²) < 4.78 is 17.9. The van der Waals surface area contributed by atoms with Gasteiger partial charge in [-0.25, -0.2) is 19.7 Å². The van der Waals surface area contributed by atoms with Crippen LogP contribution in [0.5, 0.6) is 0 Å². The van der Waals surface area contributed by atoms with Crippen molar-refractivity contribution in [3.8, 4) is 0 Å². The SMILES string of the molecule is CC(=O)O.CC(=O)O.COC(=O)c1nc(NCC(c2ccccc2)c2ccccc2)c2ncn(C3CCC(COC(C)=O)O3)c2n1. The lowest BCUT2D eigenvalue weighted by atomic mass is 9.91. The van der Waals surface area contributed by atoms with Gasteiger partial charge in [0.1, 0.15) is 12.8 Å². The molecular weight excluding hydrogens is 598 g/mol. The van der Waals surface area contributed by atoms with Gasteiger partial charge in [0, 0.05) is 33.2 Å². The van der Waals surface area contributed by atoms with Crippen molar-refractivity contribution in [2.45, 2.75) is 51.9 Å². The topological polar surface area (TPSA) is 192 Å². The van der Waals surface area contributed by atoms with E-state index in [1.165, 1.54) is 14.0 Å². The maximum absolute atomic E-state index is 12.5. The molecule has 0 amide bonds. The zero-order chi connectivity index (χ0) is 33.6. The van der Waals surface area contributed by atoms with Crippen LogP contribution in [0, 0.1) is 0 Å². The average Bonchev–Trinajstić information content (AvgIpc) is 3.67. The number of anilines is 1. The van der Waals surface area contributed by atoms with Crippen molar-refractivity contribution in [3.05, 3.63) is 83.9 Å². The zero-order valence-corrected chi connectivity index (χ0v) is 26.0. The Morgan fingerprint density at radius 1 is 0.935 bits per heavy atom. The fourth-order valence-electron chi connectivity index (χ4n) is 4.65. The van der Waals surface area contributed by atoms with Crippen LogP contribution in [-0.2, 0) is 28.6 Å². The van der Waals surface area contributed by atoms with Gasteiger partial charge in [0.05, 0.1) is 19.5 Å². The van der Waals surface area contributed by atoms with Crippen LogP contribution in [0.3, 0.4) is 0 Å². The summed E-state index contributed by atoms with van der Waals surface area (Å²) in [5.41, 5.74) is 3.27. The first kappa shape index (κ1) is 35.1. The van der Waals surface area contributed by atoms with Crippen LogP contribution in [0.25, 0.3) is 11.2 Å². The molecule has 1 aliphatic heterocycles. The molecule has 3 heterocycles. The number of carboxylic acids is 2. The highest BCUT2D eigenvalue weighted by molar-refractivity contribution is 5.91. The number of fused-ring (bicyclic) bond motifs is 1. The van der Waals surface area contributed by atoms with Gasteiger partial charge in [-0.15, -0.1) is 0 Å². The predicted octanol–water partition coefficient (Wildman–Crippen LogP) is 4.28. The lowest BCUT2D eigenvalue weighted by molar-refractivity contribution is -0.145. The Kier molecular flexibility index (Phi) is 13.1. The maximum Gasteiger partial charge on any atom is 0.376 e. The summed E-state index contributed by atoms with van der Waals surface area (Å²) in [7, 11) is 1.29. The van der Waals surface area contributed by atoms with E-state index in [2.05, 4.69) is 44.5 Å². The molecule has 0 spiro atoms. The second-order valence-corrected chi connectivity index (χ2v) is 10.1. The van der Waals surface area contributed by atoms with Gasteiger partial charge in [-0.1, -0.05) is 60.7 Å². The van der Waals surface area contributed by atoms with Gasteiger partial charge in [0.15, 0.2) is 17.0 Å². The van der Waals surface area contributed by atoms with E-state index in [1.54, 1.807) is 10.9 Å². The van der Waals surface area contributed by atoms with Crippen molar-refractivity contribution in [1.82, 2.24) is 19.5 Å². The molecular formula is C32H37N5O9. The molecule has 0 aliphatic carbocycles. The smallest absolute Gasteiger partial charge is 0.376 e. The molecule has 46 heavy (non-hydrogen) atoms. The van der Waals surface area contributed by atoms with Crippen molar-refractivity contribution in [1.29, 1.82) is 0 Å². The number of methoxy groups -OCH3 is 1. The quantitative estimate of drug-likeness (QED) is 0.221. The number of aromatic nitrogens is 4. The number of imidazole rings is 1. The van der Waals surface area contributed by atoms with Crippen LogP contribution in [0.15, 0.2) is 67.0 Å². The third-order valence-electron chi connectivity index (χ3n) is 6.53. The highest BCUT2D eigenvalue weighted by Crippen LogP contribution is 2.32. The number of hydrogen-bond acceptors (Lipinski definition) is 11. The lowest BCUT2D eigenvalue weighted by Gasteiger charge is -2.19. The number of hydrogen-bond donors (Lipinski definition) is 3. The first-order chi connectivity index (χ1) is 22.0. The van der Waals surface area contributed by atoms with E-state index >= 15 is 0 Å². The highest BCUT2D eigenvalue weighted by atomic mass is 16.6. The Labute approximate surface area is 265 Å².